The van der Waals surface area contributed by atoms with Crippen LogP contribution in [0.4, 0.5) is 0 Å². The highest BCUT2D eigenvalue weighted by Gasteiger charge is 2.13. The molecule has 1 atom stereocenters. The summed E-state index contributed by atoms with van der Waals surface area (Å²) in [5, 5.41) is 0.574. The molecule has 0 N–H and O–H groups in total. The maximum atomic E-state index is 12.2. The van der Waals surface area contributed by atoms with Crippen molar-refractivity contribution < 1.29 is 8.42 Å². The van der Waals surface area contributed by atoms with Crippen molar-refractivity contribution in [3.8, 4) is 0 Å². The zero-order valence-corrected chi connectivity index (χ0v) is 13.5. The van der Waals surface area contributed by atoms with E-state index in [1.165, 1.54) is 0 Å². The highest BCUT2D eigenvalue weighted by molar-refractivity contribution is 7.99. The fraction of sp³-hybridized carbons (Fsp3) is 0.143. The molecule has 0 saturated carbocycles. The molecule has 0 aromatic heterocycles. The van der Waals surface area contributed by atoms with Gasteiger partial charge in [0, 0.05) is 9.92 Å². The molecule has 0 saturated heterocycles. The Balaban J connectivity index is 2.40. The van der Waals surface area contributed by atoms with Crippen LogP contribution in [0.5, 0.6) is 0 Å². The van der Waals surface area contributed by atoms with Crippen molar-refractivity contribution in [3.05, 3.63) is 59.1 Å². The quantitative estimate of drug-likeness (QED) is 0.860. The summed E-state index contributed by atoms with van der Waals surface area (Å²) in [6.45, 7) is 1.91. The van der Waals surface area contributed by atoms with E-state index in [-0.39, 0.29) is 4.90 Å². The van der Waals surface area contributed by atoms with Crippen molar-refractivity contribution in [3.63, 3.8) is 0 Å². The number of aryl methyl sites for hydroxylation is 1. The first-order valence-corrected chi connectivity index (χ1v) is 9.25. The van der Waals surface area contributed by atoms with Crippen LogP contribution in [0.15, 0.2) is 62.1 Å². The summed E-state index contributed by atoms with van der Waals surface area (Å²) < 4.78 is 28.4. The van der Waals surface area contributed by atoms with Crippen molar-refractivity contribution in [2.24, 2.45) is 3.77 Å². The first kappa shape index (κ1) is 15.2. The molecular weight excluding hydrogens is 314 g/mol. The number of benzene rings is 2. The van der Waals surface area contributed by atoms with Crippen LogP contribution < -0.4 is 0 Å². The molecule has 2 aromatic carbocycles. The van der Waals surface area contributed by atoms with Crippen LogP contribution in [0.1, 0.15) is 5.56 Å². The number of halogens is 1. The molecule has 6 heteroatoms. The summed E-state index contributed by atoms with van der Waals surface area (Å²) in [7, 11) is -4.41. The Morgan fingerprint density at radius 2 is 1.75 bits per heavy atom. The highest BCUT2D eigenvalue weighted by Crippen LogP contribution is 2.18. The Bertz CT molecular complexity index is 753. The number of nitrogens with zero attached hydrogens (tertiary/aromatic N) is 1. The van der Waals surface area contributed by atoms with Crippen LogP contribution >= 0.6 is 11.6 Å². The van der Waals surface area contributed by atoms with E-state index >= 15 is 0 Å². The highest BCUT2D eigenvalue weighted by atomic mass is 35.5. The van der Waals surface area contributed by atoms with Gasteiger partial charge >= 0.3 is 0 Å². The van der Waals surface area contributed by atoms with Gasteiger partial charge in [-0.1, -0.05) is 46.1 Å². The van der Waals surface area contributed by atoms with E-state index in [0.29, 0.717) is 5.02 Å². The summed E-state index contributed by atoms with van der Waals surface area (Å²) >= 11 is 5.91. The Morgan fingerprint density at radius 1 is 1.10 bits per heavy atom. The van der Waals surface area contributed by atoms with E-state index in [9.17, 15) is 8.42 Å². The molecule has 0 bridgehead atoms. The molecule has 0 radical (unpaired) electrons. The van der Waals surface area contributed by atoms with E-state index in [1.807, 2.05) is 13.0 Å². The fourth-order valence-electron chi connectivity index (χ4n) is 1.59. The molecule has 2 aromatic rings. The predicted octanol–water partition coefficient (Wildman–Crippen LogP) is 3.83. The summed E-state index contributed by atoms with van der Waals surface area (Å²) in [6.07, 6.45) is 1.76. The van der Waals surface area contributed by atoms with Gasteiger partial charge in [0.05, 0.1) is 4.90 Å². The second kappa shape index (κ2) is 6.08. The maximum Gasteiger partial charge on any atom is 0.288 e. The lowest BCUT2D eigenvalue weighted by atomic mass is 10.2. The minimum absolute atomic E-state index is 0.212. The van der Waals surface area contributed by atoms with Gasteiger partial charge in [-0.25, -0.2) is 0 Å². The third-order valence-corrected chi connectivity index (χ3v) is 6.38. The molecule has 0 amide bonds. The number of sulfonamides is 1. The molecule has 20 heavy (non-hydrogen) atoms. The lowest BCUT2D eigenvalue weighted by Gasteiger charge is -2.04. The van der Waals surface area contributed by atoms with Crippen molar-refractivity contribution >= 4 is 32.3 Å². The normalized spacial score (nSPS) is 13.3. The Hall–Kier alpha value is -1.17. The third kappa shape index (κ3) is 3.69. The zero-order valence-electron chi connectivity index (χ0n) is 11.1. The van der Waals surface area contributed by atoms with Gasteiger partial charge in [-0.2, -0.15) is 8.42 Å². The lowest BCUT2D eigenvalue weighted by Crippen LogP contribution is -2.00. The molecule has 0 aliphatic rings. The van der Waals surface area contributed by atoms with Gasteiger partial charge in [-0.15, -0.1) is 3.77 Å². The third-order valence-electron chi connectivity index (χ3n) is 2.67. The fourth-order valence-corrected chi connectivity index (χ4v) is 4.77. The first-order valence-electron chi connectivity index (χ1n) is 5.85. The minimum Gasteiger partial charge on any atom is -0.199 e. The Labute approximate surface area is 126 Å². The van der Waals surface area contributed by atoms with Gasteiger partial charge in [0.15, 0.2) is 0 Å². The molecule has 0 fully saturated rings. The molecule has 1 unspecified atom stereocenters. The molecule has 3 nitrogen and oxygen atoms in total. The summed E-state index contributed by atoms with van der Waals surface area (Å²) in [6, 6.07) is 13.8. The maximum absolute atomic E-state index is 12.2. The van der Waals surface area contributed by atoms with Crippen LogP contribution in [0, 0.1) is 6.92 Å². The number of rotatable bonds is 3. The Kier molecular flexibility index (Phi) is 4.62. The van der Waals surface area contributed by atoms with Gasteiger partial charge in [-0.05, 0) is 43.5 Å². The molecule has 2 rings (SSSR count). The van der Waals surface area contributed by atoms with Crippen LogP contribution in [0.3, 0.4) is 0 Å². The van der Waals surface area contributed by atoms with Gasteiger partial charge in [0.1, 0.15) is 0 Å². The second-order valence-electron chi connectivity index (χ2n) is 4.30. The number of hydrogen-bond acceptors (Lipinski definition) is 2. The van der Waals surface area contributed by atoms with Crippen molar-refractivity contribution in [2.75, 3.05) is 6.26 Å². The van der Waals surface area contributed by atoms with E-state index < -0.39 is 20.7 Å². The largest absolute Gasteiger partial charge is 0.288 e. The lowest BCUT2D eigenvalue weighted by molar-refractivity contribution is 0.598. The zero-order chi connectivity index (χ0) is 14.8. The first-order chi connectivity index (χ1) is 9.38. The van der Waals surface area contributed by atoms with Crippen molar-refractivity contribution in [1.29, 1.82) is 0 Å². The average Bonchev–Trinajstić information content (AvgIpc) is 2.38. The summed E-state index contributed by atoms with van der Waals surface area (Å²) in [4.78, 5) is 1.01. The van der Waals surface area contributed by atoms with E-state index in [4.69, 9.17) is 11.6 Å². The molecular formula is C14H14ClNO2S2. The molecule has 0 spiro atoms. The molecule has 0 aliphatic carbocycles. The minimum atomic E-state index is -3.64. The van der Waals surface area contributed by atoms with Crippen molar-refractivity contribution in [2.45, 2.75) is 16.7 Å². The SMILES string of the molecule is Cc1ccc(S(=O)(=O)N=S(C)c2cccc(Cl)c2)cc1. The van der Waals surface area contributed by atoms with E-state index in [0.717, 1.165) is 10.5 Å². The standard InChI is InChI=1S/C14H14ClNO2S2/c1-11-6-8-14(9-7-11)20(17,18)16-19(2)13-5-3-4-12(15)10-13/h3-10H,1-2H3. The van der Waals surface area contributed by atoms with Crippen molar-refractivity contribution in [1.82, 2.24) is 0 Å². The topological polar surface area (TPSA) is 46.5 Å². The van der Waals surface area contributed by atoms with Gasteiger partial charge < -0.3 is 0 Å². The average molecular weight is 328 g/mol. The molecule has 106 valence electrons. The van der Waals surface area contributed by atoms with Crippen LogP contribution in [-0.4, -0.2) is 14.7 Å². The van der Waals surface area contributed by atoms with E-state index in [1.54, 1.807) is 48.7 Å². The summed E-state index contributed by atoms with van der Waals surface area (Å²) in [5.74, 6) is 0. The predicted molar refractivity (Wildman–Crippen MR) is 83.8 cm³/mol. The van der Waals surface area contributed by atoms with Gasteiger partial charge in [0.2, 0.25) is 0 Å². The van der Waals surface area contributed by atoms with Gasteiger partial charge in [0.25, 0.3) is 10.0 Å². The van der Waals surface area contributed by atoms with Crippen LogP contribution in [0.2, 0.25) is 5.02 Å². The van der Waals surface area contributed by atoms with E-state index in [2.05, 4.69) is 3.77 Å². The second-order valence-corrected chi connectivity index (χ2v) is 8.18. The van der Waals surface area contributed by atoms with Gasteiger partial charge in [-0.3, -0.25) is 0 Å². The molecule has 0 aliphatic heterocycles. The van der Waals surface area contributed by atoms with Crippen LogP contribution in [0.25, 0.3) is 0 Å². The monoisotopic (exact) mass is 327 g/mol. The summed E-state index contributed by atoms with van der Waals surface area (Å²) in [5.41, 5.74) is 1.01. The Morgan fingerprint density at radius 3 is 2.35 bits per heavy atom. The van der Waals surface area contributed by atoms with Crippen LogP contribution in [-0.2, 0) is 20.7 Å². The molecule has 0 heterocycles. The smallest absolute Gasteiger partial charge is 0.199 e. The number of hydrogen-bond donors (Lipinski definition) is 0.